The van der Waals surface area contributed by atoms with Gasteiger partial charge in [0.15, 0.2) is 0 Å². The zero-order valence-corrected chi connectivity index (χ0v) is 18.6. The summed E-state index contributed by atoms with van der Waals surface area (Å²) in [6.07, 6.45) is 1.36. The van der Waals surface area contributed by atoms with Crippen molar-refractivity contribution in [1.29, 1.82) is 0 Å². The molecule has 3 aromatic rings. The summed E-state index contributed by atoms with van der Waals surface area (Å²) in [5.74, 6) is -0.805. The largest absolute Gasteiger partial charge is 0.463 e. The minimum atomic E-state index is -0.668. The molecule has 1 aliphatic heterocycles. The molecule has 2 aromatic carbocycles. The number of hydrogen-bond acceptors (Lipinski definition) is 6. The van der Waals surface area contributed by atoms with E-state index in [4.69, 9.17) is 4.74 Å². The molecule has 0 aliphatic carbocycles. The first kappa shape index (κ1) is 22.2. The highest BCUT2D eigenvalue weighted by Gasteiger charge is 2.38. The number of ether oxygens (including phenoxy) is 1. The highest BCUT2D eigenvalue weighted by Crippen LogP contribution is 2.38. The van der Waals surface area contributed by atoms with Crippen LogP contribution in [0.1, 0.15) is 31.0 Å². The fourth-order valence-electron chi connectivity index (χ4n) is 3.83. The van der Waals surface area contributed by atoms with Crippen LogP contribution in [0.3, 0.4) is 0 Å². The van der Waals surface area contributed by atoms with Gasteiger partial charge in [-0.3, -0.25) is 4.79 Å². The molecule has 8 nitrogen and oxygen atoms in total. The van der Waals surface area contributed by atoms with E-state index in [1.165, 1.54) is 18.5 Å². The maximum Gasteiger partial charge on any atom is 0.338 e. The van der Waals surface area contributed by atoms with Crippen LogP contribution in [0.5, 0.6) is 0 Å². The summed E-state index contributed by atoms with van der Waals surface area (Å²) in [6.45, 7) is 5.52. The van der Waals surface area contributed by atoms with Crippen LogP contribution in [0.4, 0.5) is 16.0 Å². The SMILES string of the molecule is CCOC(=O)C1=C(C)N(CC(=O)Nc2ccc(C)cc2)c2ncnn2[C@@H]1c1ccc(F)cc1. The Morgan fingerprint density at radius 3 is 2.45 bits per heavy atom. The Bertz CT molecular complexity index is 1200. The number of hydrogen-bond donors (Lipinski definition) is 1. The molecule has 0 saturated carbocycles. The number of esters is 1. The van der Waals surface area contributed by atoms with E-state index in [9.17, 15) is 14.0 Å². The third-order valence-electron chi connectivity index (χ3n) is 5.43. The van der Waals surface area contributed by atoms with E-state index in [1.54, 1.807) is 35.6 Å². The second-order valence-electron chi connectivity index (χ2n) is 7.68. The number of aryl methyl sites for hydroxylation is 1. The number of amides is 1. The first-order valence-electron chi connectivity index (χ1n) is 10.6. The summed E-state index contributed by atoms with van der Waals surface area (Å²) >= 11 is 0. The molecule has 0 unspecified atom stereocenters. The molecule has 0 spiro atoms. The van der Waals surface area contributed by atoms with Crippen molar-refractivity contribution in [2.24, 2.45) is 0 Å². The molecule has 1 amide bonds. The van der Waals surface area contributed by atoms with Gasteiger partial charge in [0, 0.05) is 11.4 Å². The maximum atomic E-state index is 13.6. The highest BCUT2D eigenvalue weighted by molar-refractivity contribution is 5.96. The average Bonchev–Trinajstić information content (AvgIpc) is 3.27. The quantitative estimate of drug-likeness (QED) is 0.579. The lowest BCUT2D eigenvalue weighted by Gasteiger charge is -2.35. The second kappa shape index (κ2) is 9.23. The summed E-state index contributed by atoms with van der Waals surface area (Å²) in [4.78, 5) is 31.8. The Balaban J connectivity index is 1.72. The van der Waals surface area contributed by atoms with Crippen LogP contribution in [-0.4, -0.2) is 39.8 Å². The number of nitrogens with zero attached hydrogens (tertiary/aromatic N) is 4. The maximum absolute atomic E-state index is 13.6. The van der Waals surface area contributed by atoms with Crippen LogP contribution >= 0.6 is 0 Å². The van der Waals surface area contributed by atoms with Gasteiger partial charge in [0.25, 0.3) is 0 Å². The first-order chi connectivity index (χ1) is 15.9. The zero-order chi connectivity index (χ0) is 23.5. The van der Waals surface area contributed by atoms with Crippen LogP contribution in [-0.2, 0) is 14.3 Å². The monoisotopic (exact) mass is 449 g/mol. The fourth-order valence-corrected chi connectivity index (χ4v) is 3.83. The molecule has 2 heterocycles. The summed E-state index contributed by atoms with van der Waals surface area (Å²) in [5, 5.41) is 7.17. The van der Waals surface area contributed by atoms with Gasteiger partial charge in [-0.25, -0.2) is 13.9 Å². The number of aromatic nitrogens is 3. The molecular formula is C24H24FN5O3. The van der Waals surface area contributed by atoms with Crippen molar-refractivity contribution in [3.63, 3.8) is 0 Å². The molecule has 0 bridgehead atoms. The highest BCUT2D eigenvalue weighted by atomic mass is 19.1. The number of halogens is 1. The van der Waals surface area contributed by atoms with Gasteiger partial charge in [0.05, 0.1) is 12.2 Å². The number of carbonyl (C=O) groups is 2. The van der Waals surface area contributed by atoms with Crippen LogP contribution in [0.2, 0.25) is 0 Å². The van der Waals surface area contributed by atoms with Gasteiger partial charge in [-0.15, -0.1) is 0 Å². The van der Waals surface area contributed by atoms with E-state index in [0.29, 0.717) is 28.5 Å². The lowest BCUT2D eigenvalue weighted by Crippen LogP contribution is -2.40. The lowest BCUT2D eigenvalue weighted by atomic mass is 9.95. The Morgan fingerprint density at radius 2 is 1.79 bits per heavy atom. The summed E-state index contributed by atoms with van der Waals surface area (Å²) in [6, 6.07) is 12.6. The van der Waals surface area contributed by atoms with E-state index in [0.717, 1.165) is 5.56 Å². The predicted molar refractivity (Wildman–Crippen MR) is 121 cm³/mol. The van der Waals surface area contributed by atoms with Gasteiger partial charge >= 0.3 is 5.97 Å². The van der Waals surface area contributed by atoms with Gasteiger partial charge in [-0.1, -0.05) is 29.8 Å². The number of nitrogens with one attached hydrogen (secondary N) is 1. The number of benzene rings is 2. The Morgan fingerprint density at radius 1 is 1.09 bits per heavy atom. The summed E-state index contributed by atoms with van der Waals surface area (Å²) < 4.78 is 20.4. The molecular weight excluding hydrogens is 425 g/mol. The number of allylic oxidation sites excluding steroid dienone is 1. The van der Waals surface area contributed by atoms with Crippen molar-refractivity contribution in [1.82, 2.24) is 14.8 Å². The summed E-state index contributed by atoms with van der Waals surface area (Å²) in [5.41, 5.74) is 3.23. The van der Waals surface area contributed by atoms with Gasteiger partial charge in [0.1, 0.15) is 24.7 Å². The third kappa shape index (κ3) is 4.48. The topological polar surface area (TPSA) is 89.3 Å². The molecule has 1 N–H and O–H groups in total. The number of rotatable bonds is 6. The molecule has 4 rings (SSSR count). The minimum absolute atomic E-state index is 0.0859. The van der Waals surface area contributed by atoms with Crippen LogP contribution < -0.4 is 10.2 Å². The van der Waals surface area contributed by atoms with E-state index in [1.807, 2.05) is 31.2 Å². The Kier molecular flexibility index (Phi) is 6.21. The van der Waals surface area contributed by atoms with Crippen LogP contribution in [0.25, 0.3) is 0 Å². The molecule has 0 saturated heterocycles. The summed E-state index contributed by atoms with van der Waals surface area (Å²) in [7, 11) is 0. The molecule has 0 radical (unpaired) electrons. The van der Waals surface area contributed by atoms with E-state index in [2.05, 4.69) is 15.4 Å². The fraction of sp³-hybridized carbons (Fsp3) is 0.250. The number of anilines is 2. The standard InChI is InChI=1S/C24H24FN5O3/c1-4-33-23(32)21-16(3)29(13-20(31)28-19-11-5-15(2)6-12-19)24-26-14-27-30(24)22(21)17-7-9-18(25)10-8-17/h5-12,14,22H,4,13H2,1-3H3,(H,28,31)/t22-/m1/s1. The molecule has 9 heteroatoms. The van der Waals surface area contributed by atoms with Crippen molar-refractivity contribution < 1.29 is 18.7 Å². The predicted octanol–water partition coefficient (Wildman–Crippen LogP) is 3.61. The molecule has 170 valence electrons. The third-order valence-corrected chi connectivity index (χ3v) is 5.43. The number of carbonyl (C=O) groups excluding carboxylic acids is 2. The minimum Gasteiger partial charge on any atom is -0.463 e. The smallest absolute Gasteiger partial charge is 0.338 e. The number of fused-ring (bicyclic) bond motifs is 1. The molecule has 1 atom stereocenters. The molecule has 1 aliphatic rings. The molecule has 33 heavy (non-hydrogen) atoms. The lowest BCUT2D eigenvalue weighted by molar-refractivity contribution is -0.139. The molecule has 1 aromatic heterocycles. The van der Waals surface area contributed by atoms with Crippen molar-refractivity contribution >= 4 is 23.5 Å². The van der Waals surface area contributed by atoms with Crippen LogP contribution in [0.15, 0.2) is 66.1 Å². The van der Waals surface area contributed by atoms with E-state index >= 15 is 0 Å². The van der Waals surface area contributed by atoms with Gasteiger partial charge < -0.3 is 15.0 Å². The Hall–Kier alpha value is -4.01. The van der Waals surface area contributed by atoms with Crippen molar-refractivity contribution in [3.8, 4) is 0 Å². The molecule has 0 fully saturated rings. The normalized spacial score (nSPS) is 15.3. The van der Waals surface area contributed by atoms with E-state index < -0.39 is 12.0 Å². The van der Waals surface area contributed by atoms with E-state index in [-0.39, 0.29) is 24.9 Å². The zero-order valence-electron chi connectivity index (χ0n) is 18.6. The first-order valence-corrected chi connectivity index (χ1v) is 10.6. The van der Waals surface area contributed by atoms with Gasteiger partial charge in [-0.05, 0) is 50.6 Å². The second-order valence-corrected chi connectivity index (χ2v) is 7.68. The van der Waals surface area contributed by atoms with Gasteiger partial charge in [-0.2, -0.15) is 10.1 Å². The van der Waals surface area contributed by atoms with Crippen LogP contribution in [0, 0.1) is 12.7 Å². The average molecular weight is 449 g/mol. The van der Waals surface area contributed by atoms with Gasteiger partial charge in [0.2, 0.25) is 11.9 Å². The van der Waals surface area contributed by atoms with Crippen molar-refractivity contribution in [3.05, 3.63) is 83.1 Å². The van der Waals surface area contributed by atoms with Crippen molar-refractivity contribution in [2.45, 2.75) is 26.8 Å². The van der Waals surface area contributed by atoms with Crippen molar-refractivity contribution in [2.75, 3.05) is 23.4 Å². The Labute approximate surface area is 190 Å².